The summed E-state index contributed by atoms with van der Waals surface area (Å²) in [5, 5.41) is 3.37. The minimum Gasteiger partial charge on any atom is -0.449 e. The van der Waals surface area contributed by atoms with Crippen LogP contribution in [0.3, 0.4) is 0 Å². The van der Waals surface area contributed by atoms with Gasteiger partial charge in [0.15, 0.2) is 6.10 Å². The summed E-state index contributed by atoms with van der Waals surface area (Å²) in [6, 6.07) is 9.43. The SMILES string of the molecule is C[C@H](OC(=O)c1ccc2nccnc2c1)C(=O)Nc1cc(Cl)cc(Cl)c1. The van der Waals surface area contributed by atoms with Crippen molar-refractivity contribution in [2.24, 2.45) is 0 Å². The molecule has 26 heavy (non-hydrogen) atoms. The van der Waals surface area contributed by atoms with Gasteiger partial charge in [0.05, 0.1) is 16.6 Å². The second-order valence-electron chi connectivity index (χ2n) is 5.45. The maximum absolute atomic E-state index is 12.3. The Morgan fingerprint density at radius 2 is 1.65 bits per heavy atom. The van der Waals surface area contributed by atoms with Crippen LogP contribution in [0.25, 0.3) is 11.0 Å². The Morgan fingerprint density at radius 1 is 1.00 bits per heavy atom. The van der Waals surface area contributed by atoms with Crippen molar-refractivity contribution >= 4 is 51.8 Å². The molecule has 0 aliphatic rings. The number of hydrogen-bond donors (Lipinski definition) is 1. The number of aromatic nitrogens is 2. The van der Waals surface area contributed by atoms with Crippen LogP contribution >= 0.6 is 23.2 Å². The summed E-state index contributed by atoms with van der Waals surface area (Å²) in [5.74, 6) is -1.14. The molecule has 132 valence electrons. The minimum absolute atomic E-state index is 0.281. The molecule has 1 aromatic heterocycles. The van der Waals surface area contributed by atoms with Crippen LogP contribution in [-0.2, 0) is 9.53 Å². The molecular formula is C18H13Cl2N3O3. The van der Waals surface area contributed by atoms with Gasteiger partial charge in [-0.3, -0.25) is 14.8 Å². The second kappa shape index (κ2) is 7.68. The fourth-order valence-corrected chi connectivity index (χ4v) is 2.77. The number of carbonyl (C=O) groups is 2. The van der Waals surface area contributed by atoms with E-state index >= 15 is 0 Å². The third kappa shape index (κ3) is 4.28. The van der Waals surface area contributed by atoms with Crippen LogP contribution in [0.15, 0.2) is 48.8 Å². The summed E-state index contributed by atoms with van der Waals surface area (Å²) < 4.78 is 5.21. The molecule has 0 aliphatic heterocycles. The number of carbonyl (C=O) groups excluding carboxylic acids is 2. The van der Waals surface area contributed by atoms with Gasteiger partial charge < -0.3 is 10.1 Å². The van der Waals surface area contributed by atoms with Crippen LogP contribution in [0, 0.1) is 0 Å². The van der Waals surface area contributed by atoms with Crippen molar-refractivity contribution in [3.05, 3.63) is 64.4 Å². The van der Waals surface area contributed by atoms with Gasteiger partial charge in [-0.2, -0.15) is 0 Å². The highest BCUT2D eigenvalue weighted by atomic mass is 35.5. The van der Waals surface area contributed by atoms with Gasteiger partial charge >= 0.3 is 5.97 Å². The second-order valence-corrected chi connectivity index (χ2v) is 6.33. The van der Waals surface area contributed by atoms with Crippen molar-refractivity contribution in [1.29, 1.82) is 0 Å². The molecule has 8 heteroatoms. The number of amides is 1. The van der Waals surface area contributed by atoms with Crippen molar-refractivity contribution < 1.29 is 14.3 Å². The predicted molar refractivity (Wildman–Crippen MR) is 99.5 cm³/mol. The van der Waals surface area contributed by atoms with Gasteiger partial charge in [0, 0.05) is 28.1 Å². The lowest BCUT2D eigenvalue weighted by molar-refractivity contribution is -0.123. The predicted octanol–water partition coefficient (Wildman–Crippen LogP) is 4.12. The molecule has 0 saturated heterocycles. The summed E-state index contributed by atoms with van der Waals surface area (Å²) in [6.45, 7) is 1.47. The molecule has 3 aromatic rings. The minimum atomic E-state index is -1.02. The first-order valence-electron chi connectivity index (χ1n) is 7.61. The van der Waals surface area contributed by atoms with Crippen LogP contribution in [0.5, 0.6) is 0 Å². The van der Waals surface area contributed by atoms with Gasteiger partial charge in [-0.1, -0.05) is 23.2 Å². The van der Waals surface area contributed by atoms with E-state index in [2.05, 4.69) is 15.3 Å². The average molecular weight is 390 g/mol. The molecule has 1 heterocycles. The van der Waals surface area contributed by atoms with Crippen LogP contribution < -0.4 is 5.32 Å². The smallest absolute Gasteiger partial charge is 0.338 e. The molecule has 0 fully saturated rings. The Balaban J connectivity index is 1.68. The Kier molecular flexibility index (Phi) is 5.35. The van der Waals surface area contributed by atoms with Crippen molar-refractivity contribution in [2.75, 3.05) is 5.32 Å². The molecule has 6 nitrogen and oxygen atoms in total. The summed E-state index contributed by atoms with van der Waals surface area (Å²) >= 11 is 11.8. The van der Waals surface area contributed by atoms with Gasteiger partial charge in [0.25, 0.3) is 5.91 Å². The zero-order valence-corrected chi connectivity index (χ0v) is 15.1. The molecule has 0 aliphatic carbocycles. The highest BCUT2D eigenvalue weighted by Gasteiger charge is 2.19. The van der Waals surface area contributed by atoms with Crippen LogP contribution in [0.1, 0.15) is 17.3 Å². The van der Waals surface area contributed by atoms with E-state index in [1.165, 1.54) is 13.1 Å². The van der Waals surface area contributed by atoms with E-state index in [0.29, 0.717) is 26.8 Å². The van der Waals surface area contributed by atoms with Crippen molar-refractivity contribution in [2.45, 2.75) is 13.0 Å². The highest BCUT2D eigenvalue weighted by molar-refractivity contribution is 6.35. The van der Waals surface area contributed by atoms with Crippen LogP contribution in [0.4, 0.5) is 5.69 Å². The van der Waals surface area contributed by atoms with Crippen molar-refractivity contribution in [3.63, 3.8) is 0 Å². The zero-order valence-electron chi connectivity index (χ0n) is 13.6. The van der Waals surface area contributed by atoms with E-state index in [4.69, 9.17) is 27.9 Å². The van der Waals surface area contributed by atoms with Crippen LogP contribution in [-0.4, -0.2) is 27.9 Å². The first-order chi connectivity index (χ1) is 12.4. The molecule has 0 bridgehead atoms. The molecule has 0 saturated carbocycles. The Morgan fingerprint density at radius 3 is 2.35 bits per heavy atom. The third-order valence-electron chi connectivity index (χ3n) is 3.49. The monoisotopic (exact) mass is 389 g/mol. The number of ether oxygens (including phenoxy) is 1. The molecule has 0 radical (unpaired) electrons. The normalized spacial score (nSPS) is 11.8. The average Bonchev–Trinajstić information content (AvgIpc) is 2.60. The quantitative estimate of drug-likeness (QED) is 0.678. The van der Waals surface area contributed by atoms with Gasteiger partial charge in [-0.25, -0.2) is 4.79 Å². The topological polar surface area (TPSA) is 81.2 Å². The number of esters is 1. The van der Waals surface area contributed by atoms with Crippen molar-refractivity contribution in [1.82, 2.24) is 9.97 Å². The lowest BCUT2D eigenvalue weighted by Crippen LogP contribution is -2.30. The van der Waals surface area contributed by atoms with E-state index in [0.717, 1.165) is 0 Å². The van der Waals surface area contributed by atoms with Gasteiger partial charge in [-0.05, 0) is 43.3 Å². The Hall–Kier alpha value is -2.70. The summed E-state index contributed by atoms with van der Waals surface area (Å²) in [5.41, 5.74) is 1.92. The lowest BCUT2D eigenvalue weighted by Gasteiger charge is -2.14. The number of fused-ring (bicyclic) bond motifs is 1. The maximum atomic E-state index is 12.3. The lowest BCUT2D eigenvalue weighted by atomic mass is 10.2. The number of anilines is 1. The Labute approximate surface area is 159 Å². The highest BCUT2D eigenvalue weighted by Crippen LogP contribution is 2.22. The van der Waals surface area contributed by atoms with Crippen LogP contribution in [0.2, 0.25) is 10.0 Å². The third-order valence-corrected chi connectivity index (χ3v) is 3.92. The largest absolute Gasteiger partial charge is 0.449 e. The molecule has 1 amide bonds. The zero-order chi connectivity index (χ0) is 18.7. The van der Waals surface area contributed by atoms with Crippen molar-refractivity contribution in [3.8, 4) is 0 Å². The fraction of sp³-hybridized carbons (Fsp3) is 0.111. The summed E-state index contributed by atoms with van der Waals surface area (Å²) in [6.07, 6.45) is 2.08. The molecule has 0 unspecified atom stereocenters. The van der Waals surface area contributed by atoms with Gasteiger partial charge in [0.2, 0.25) is 0 Å². The fourth-order valence-electron chi connectivity index (χ4n) is 2.24. The van der Waals surface area contributed by atoms with E-state index in [-0.39, 0.29) is 5.56 Å². The van der Waals surface area contributed by atoms with Gasteiger partial charge in [0.1, 0.15) is 0 Å². The maximum Gasteiger partial charge on any atom is 0.338 e. The number of nitrogens with one attached hydrogen (secondary N) is 1. The van der Waals surface area contributed by atoms with E-state index < -0.39 is 18.0 Å². The van der Waals surface area contributed by atoms with E-state index in [1.807, 2.05) is 0 Å². The number of hydrogen-bond acceptors (Lipinski definition) is 5. The van der Waals surface area contributed by atoms with Gasteiger partial charge in [-0.15, -0.1) is 0 Å². The number of nitrogens with zero attached hydrogens (tertiary/aromatic N) is 2. The Bertz CT molecular complexity index is 974. The van der Waals surface area contributed by atoms with E-state index in [1.54, 1.807) is 42.6 Å². The summed E-state index contributed by atoms with van der Waals surface area (Å²) in [7, 11) is 0. The first kappa shape index (κ1) is 18.1. The number of halogens is 2. The molecule has 1 N–H and O–H groups in total. The standard InChI is InChI=1S/C18H13Cl2N3O3/c1-10(17(24)23-14-8-12(19)7-13(20)9-14)26-18(25)11-2-3-15-16(6-11)22-5-4-21-15/h2-10H,1H3,(H,23,24)/t10-/m0/s1. The molecule has 1 atom stereocenters. The number of rotatable bonds is 4. The number of benzene rings is 2. The van der Waals surface area contributed by atoms with E-state index in [9.17, 15) is 9.59 Å². The first-order valence-corrected chi connectivity index (χ1v) is 8.37. The summed E-state index contributed by atoms with van der Waals surface area (Å²) in [4.78, 5) is 32.8. The molecule has 0 spiro atoms. The molecule has 2 aromatic carbocycles. The molecular weight excluding hydrogens is 377 g/mol. The molecule has 3 rings (SSSR count).